The quantitative estimate of drug-likeness (QED) is 0.942. The van der Waals surface area contributed by atoms with E-state index in [2.05, 4.69) is 40.6 Å². The molecule has 4 heteroatoms. The summed E-state index contributed by atoms with van der Waals surface area (Å²) in [6, 6.07) is 20.5. The maximum Gasteiger partial charge on any atom is 0.157 e. The van der Waals surface area contributed by atoms with Gasteiger partial charge in [-0.25, -0.2) is 0 Å². The molecule has 1 atom stereocenters. The second-order valence-electron chi connectivity index (χ2n) is 4.85. The monoisotopic (exact) mass is 293 g/mol. The molecule has 0 aliphatic carbocycles. The Morgan fingerprint density at radius 1 is 1.14 bits per heavy atom. The van der Waals surface area contributed by atoms with Crippen LogP contribution in [0.2, 0.25) is 0 Å². The number of nitrogens with one attached hydrogen (secondary N) is 1. The molecule has 1 saturated heterocycles. The van der Waals surface area contributed by atoms with E-state index < -0.39 is 0 Å². The van der Waals surface area contributed by atoms with Gasteiger partial charge in [-0.1, -0.05) is 54.2 Å². The fourth-order valence-electron chi connectivity index (χ4n) is 2.20. The molecule has 0 radical (unpaired) electrons. The second kappa shape index (κ2) is 6.47. The Kier molecular flexibility index (Phi) is 4.23. The van der Waals surface area contributed by atoms with Gasteiger partial charge < -0.3 is 5.32 Å². The van der Waals surface area contributed by atoms with Crippen molar-refractivity contribution in [1.82, 2.24) is 5.32 Å². The van der Waals surface area contributed by atoms with E-state index in [0.29, 0.717) is 18.2 Å². The van der Waals surface area contributed by atoms with Crippen molar-refractivity contribution in [3.05, 3.63) is 71.3 Å². The first-order valence-electron chi connectivity index (χ1n) is 6.83. The van der Waals surface area contributed by atoms with Gasteiger partial charge in [-0.2, -0.15) is 5.26 Å². The highest BCUT2D eigenvalue weighted by Crippen LogP contribution is 2.26. The molecule has 1 heterocycles. The first-order chi connectivity index (χ1) is 10.3. The van der Waals surface area contributed by atoms with Crippen LogP contribution in [0.1, 0.15) is 22.7 Å². The van der Waals surface area contributed by atoms with Gasteiger partial charge in [-0.15, -0.1) is 0 Å². The molecule has 0 aromatic heterocycles. The van der Waals surface area contributed by atoms with Crippen molar-refractivity contribution < 1.29 is 0 Å². The lowest BCUT2D eigenvalue weighted by molar-refractivity contribution is 0.748. The van der Waals surface area contributed by atoms with E-state index in [0.717, 1.165) is 16.5 Å². The van der Waals surface area contributed by atoms with Gasteiger partial charge in [0.05, 0.1) is 24.2 Å². The number of nitriles is 1. The molecule has 1 N–H and O–H groups in total. The summed E-state index contributed by atoms with van der Waals surface area (Å²) in [4.78, 5) is 4.61. The average molecular weight is 293 g/mol. The first-order valence-corrected chi connectivity index (χ1v) is 7.81. The van der Waals surface area contributed by atoms with Crippen molar-refractivity contribution in [2.24, 2.45) is 4.99 Å². The Morgan fingerprint density at radius 3 is 2.62 bits per heavy atom. The largest absolute Gasteiger partial charge is 0.357 e. The van der Waals surface area contributed by atoms with E-state index in [1.54, 1.807) is 11.8 Å². The third kappa shape index (κ3) is 3.45. The minimum absolute atomic E-state index is 0.343. The van der Waals surface area contributed by atoms with Crippen LogP contribution in [0.4, 0.5) is 0 Å². The minimum atomic E-state index is 0.343. The standard InChI is InChI=1S/C17H15N3S/c18-10-13-6-8-14(9-7-13)11-19-17-20-16(12-21-17)15-4-2-1-3-5-15/h1-9,16H,11-12H2,(H,19,20). The Hall–Kier alpha value is -2.25. The third-order valence-corrected chi connectivity index (χ3v) is 4.40. The number of hydrogen-bond acceptors (Lipinski definition) is 3. The zero-order valence-corrected chi connectivity index (χ0v) is 12.3. The summed E-state index contributed by atoms with van der Waals surface area (Å²) < 4.78 is 0. The second-order valence-corrected chi connectivity index (χ2v) is 5.86. The van der Waals surface area contributed by atoms with Crippen LogP contribution in [0.25, 0.3) is 0 Å². The molecule has 3 nitrogen and oxygen atoms in total. The smallest absolute Gasteiger partial charge is 0.157 e. The zero-order valence-electron chi connectivity index (χ0n) is 11.5. The van der Waals surface area contributed by atoms with Crippen molar-refractivity contribution in [3.63, 3.8) is 0 Å². The maximum atomic E-state index is 8.78. The van der Waals surface area contributed by atoms with Gasteiger partial charge in [-0.3, -0.25) is 4.99 Å². The van der Waals surface area contributed by atoms with E-state index in [9.17, 15) is 0 Å². The SMILES string of the molecule is N#Cc1ccc(CN=C2NC(c3ccccc3)CS2)cc1. The summed E-state index contributed by atoms with van der Waals surface area (Å²) in [6.45, 7) is 0.641. The number of benzene rings is 2. The van der Waals surface area contributed by atoms with Crippen LogP contribution in [-0.2, 0) is 6.54 Å². The first kappa shape index (κ1) is 13.7. The predicted molar refractivity (Wildman–Crippen MR) is 87.1 cm³/mol. The van der Waals surface area contributed by atoms with Crippen LogP contribution < -0.4 is 5.32 Å². The highest BCUT2D eigenvalue weighted by Gasteiger charge is 2.21. The molecule has 3 rings (SSSR count). The van der Waals surface area contributed by atoms with Crippen LogP contribution in [0.5, 0.6) is 0 Å². The highest BCUT2D eigenvalue weighted by molar-refractivity contribution is 8.14. The van der Waals surface area contributed by atoms with Gasteiger partial charge in [0.15, 0.2) is 5.17 Å². The van der Waals surface area contributed by atoms with Gasteiger partial charge in [-0.05, 0) is 23.3 Å². The molecule has 1 fully saturated rings. The van der Waals surface area contributed by atoms with Crippen LogP contribution in [-0.4, -0.2) is 10.9 Å². The van der Waals surface area contributed by atoms with E-state index in [-0.39, 0.29) is 0 Å². The molecule has 104 valence electrons. The molecule has 0 amide bonds. The number of aliphatic imine (C=N–C) groups is 1. The maximum absolute atomic E-state index is 8.78. The highest BCUT2D eigenvalue weighted by atomic mass is 32.2. The summed E-state index contributed by atoms with van der Waals surface area (Å²) in [5.41, 5.74) is 3.10. The van der Waals surface area contributed by atoms with Crippen molar-refractivity contribution in [3.8, 4) is 6.07 Å². The molecule has 1 unspecified atom stereocenters. The van der Waals surface area contributed by atoms with E-state index in [1.165, 1.54) is 5.56 Å². The lowest BCUT2D eigenvalue weighted by Crippen LogP contribution is -2.19. The number of nitrogens with zero attached hydrogens (tertiary/aromatic N) is 2. The number of thioether (sulfide) groups is 1. The van der Waals surface area contributed by atoms with Gasteiger partial charge in [0, 0.05) is 5.75 Å². The Bertz CT molecular complexity index is 671. The van der Waals surface area contributed by atoms with Gasteiger partial charge >= 0.3 is 0 Å². The summed E-state index contributed by atoms with van der Waals surface area (Å²) >= 11 is 1.76. The van der Waals surface area contributed by atoms with Gasteiger partial charge in [0.25, 0.3) is 0 Å². The zero-order chi connectivity index (χ0) is 14.5. The number of amidine groups is 1. The van der Waals surface area contributed by atoms with Crippen LogP contribution in [0.15, 0.2) is 59.6 Å². The average Bonchev–Trinajstić information content (AvgIpc) is 3.03. The summed E-state index contributed by atoms with van der Waals surface area (Å²) in [7, 11) is 0. The minimum Gasteiger partial charge on any atom is -0.357 e. The molecule has 1 aliphatic heterocycles. The van der Waals surface area contributed by atoms with E-state index in [4.69, 9.17) is 5.26 Å². The molecule has 2 aromatic rings. The fourth-order valence-corrected chi connectivity index (χ4v) is 3.18. The molecular formula is C17H15N3S. The molecule has 1 aliphatic rings. The molecule has 2 aromatic carbocycles. The van der Waals surface area contributed by atoms with Gasteiger partial charge in [0.2, 0.25) is 0 Å². The summed E-state index contributed by atoms with van der Waals surface area (Å²) in [6.07, 6.45) is 0. The summed E-state index contributed by atoms with van der Waals surface area (Å²) in [5, 5.41) is 13.2. The normalized spacial score (nSPS) is 19.2. The van der Waals surface area contributed by atoms with Gasteiger partial charge in [0.1, 0.15) is 0 Å². The lowest BCUT2D eigenvalue weighted by Gasteiger charge is -2.09. The van der Waals surface area contributed by atoms with Crippen molar-refractivity contribution in [2.45, 2.75) is 12.6 Å². The van der Waals surface area contributed by atoms with Crippen molar-refractivity contribution in [1.29, 1.82) is 5.26 Å². The number of rotatable bonds is 3. The topological polar surface area (TPSA) is 48.2 Å². The fraction of sp³-hybridized carbons (Fsp3) is 0.176. The number of hydrogen-bond donors (Lipinski definition) is 1. The van der Waals surface area contributed by atoms with E-state index >= 15 is 0 Å². The molecule has 0 bridgehead atoms. The van der Waals surface area contributed by atoms with Crippen LogP contribution >= 0.6 is 11.8 Å². The van der Waals surface area contributed by atoms with Crippen LogP contribution in [0.3, 0.4) is 0 Å². The lowest BCUT2D eigenvalue weighted by atomic mass is 10.1. The predicted octanol–water partition coefficient (Wildman–Crippen LogP) is 3.49. The Morgan fingerprint density at radius 2 is 1.90 bits per heavy atom. The summed E-state index contributed by atoms with van der Waals surface area (Å²) in [5.74, 6) is 1.01. The molecule has 21 heavy (non-hydrogen) atoms. The molecular weight excluding hydrogens is 278 g/mol. The Labute approximate surface area is 128 Å². The van der Waals surface area contributed by atoms with E-state index in [1.807, 2.05) is 30.3 Å². The van der Waals surface area contributed by atoms with Crippen molar-refractivity contribution >= 4 is 16.9 Å². The van der Waals surface area contributed by atoms with Crippen LogP contribution in [0, 0.1) is 11.3 Å². The molecule has 0 spiro atoms. The molecule has 0 saturated carbocycles. The van der Waals surface area contributed by atoms with Crippen molar-refractivity contribution in [2.75, 3.05) is 5.75 Å². The third-order valence-electron chi connectivity index (χ3n) is 3.37. The Balaban J connectivity index is 1.62.